The first-order valence-electron chi connectivity index (χ1n) is 8.90. The first-order chi connectivity index (χ1) is 13.7. The minimum Gasteiger partial charge on any atom is -0.490 e. The lowest BCUT2D eigenvalue weighted by Crippen LogP contribution is -2.39. The smallest absolute Gasteiger partial charge is 0.260 e. The summed E-state index contributed by atoms with van der Waals surface area (Å²) in [5.74, 6) is 0.153. The van der Waals surface area contributed by atoms with E-state index in [-0.39, 0.29) is 6.54 Å². The Balaban J connectivity index is 2.03. The number of amides is 1. The number of sulfonamides is 1. The van der Waals surface area contributed by atoms with E-state index in [0.29, 0.717) is 18.0 Å². The molecule has 2 aromatic carbocycles. The standard InChI is InChI=1S/C21H25N3O4S/c1-5-10-28-20-8-6-18(7-9-20)14-22-23-21(25)15-24(29(4,26)27)19-12-16(2)11-17(3)13-19/h5-9,11-14H,1,10,15H2,2-4H3,(H,23,25)/b22-14-. The van der Waals surface area contributed by atoms with Crippen molar-refractivity contribution < 1.29 is 17.9 Å². The molecule has 0 unspecified atom stereocenters. The Hall–Kier alpha value is -3.13. The van der Waals surface area contributed by atoms with Crippen molar-refractivity contribution in [3.05, 3.63) is 71.8 Å². The van der Waals surface area contributed by atoms with Crippen molar-refractivity contribution in [3.8, 4) is 5.75 Å². The fraction of sp³-hybridized carbons (Fsp3) is 0.238. The van der Waals surface area contributed by atoms with Gasteiger partial charge in [0, 0.05) is 0 Å². The molecule has 0 spiro atoms. The number of hydrogen-bond acceptors (Lipinski definition) is 5. The van der Waals surface area contributed by atoms with Crippen LogP contribution in [-0.2, 0) is 14.8 Å². The fourth-order valence-electron chi connectivity index (χ4n) is 2.64. The van der Waals surface area contributed by atoms with Crippen LogP contribution in [0.1, 0.15) is 16.7 Å². The van der Waals surface area contributed by atoms with Gasteiger partial charge in [0.15, 0.2) is 0 Å². The molecule has 154 valence electrons. The maximum Gasteiger partial charge on any atom is 0.260 e. The highest BCUT2D eigenvalue weighted by Gasteiger charge is 2.21. The van der Waals surface area contributed by atoms with Gasteiger partial charge in [0.05, 0.1) is 18.2 Å². The summed E-state index contributed by atoms with van der Waals surface area (Å²) in [4.78, 5) is 12.2. The Bertz CT molecular complexity index is 979. The molecule has 0 saturated carbocycles. The van der Waals surface area contributed by atoms with Crippen molar-refractivity contribution >= 4 is 27.8 Å². The van der Waals surface area contributed by atoms with Crippen LogP contribution < -0.4 is 14.5 Å². The molecular formula is C21H25N3O4S. The summed E-state index contributed by atoms with van der Waals surface area (Å²) in [6.07, 6.45) is 4.19. The van der Waals surface area contributed by atoms with Crippen LogP contribution in [0.25, 0.3) is 0 Å². The summed E-state index contributed by atoms with van der Waals surface area (Å²) in [6, 6.07) is 12.5. The Morgan fingerprint density at radius 2 is 1.79 bits per heavy atom. The molecule has 2 aromatic rings. The molecular weight excluding hydrogens is 390 g/mol. The van der Waals surface area contributed by atoms with Gasteiger partial charge in [-0.25, -0.2) is 13.8 Å². The van der Waals surface area contributed by atoms with Gasteiger partial charge in [-0.1, -0.05) is 18.7 Å². The number of nitrogens with zero attached hydrogens (tertiary/aromatic N) is 2. The number of aryl methyl sites for hydroxylation is 2. The zero-order valence-electron chi connectivity index (χ0n) is 16.8. The van der Waals surface area contributed by atoms with Crippen molar-refractivity contribution in [3.63, 3.8) is 0 Å². The Labute approximate surface area is 171 Å². The second kappa shape index (κ2) is 9.88. The molecule has 2 rings (SSSR count). The van der Waals surface area contributed by atoms with Crippen LogP contribution in [0.5, 0.6) is 5.75 Å². The van der Waals surface area contributed by atoms with Crippen LogP contribution in [0.2, 0.25) is 0 Å². The molecule has 0 fully saturated rings. The highest BCUT2D eigenvalue weighted by atomic mass is 32.2. The van der Waals surface area contributed by atoms with E-state index in [1.807, 2.05) is 19.9 Å². The van der Waals surface area contributed by atoms with Crippen molar-refractivity contribution in [2.24, 2.45) is 5.10 Å². The van der Waals surface area contributed by atoms with Gasteiger partial charge in [-0.2, -0.15) is 5.10 Å². The average Bonchev–Trinajstić information content (AvgIpc) is 2.63. The number of ether oxygens (including phenoxy) is 1. The SMILES string of the molecule is C=CCOc1ccc(/C=N\NC(=O)CN(c2cc(C)cc(C)c2)S(C)(=O)=O)cc1. The summed E-state index contributed by atoms with van der Waals surface area (Å²) in [6.45, 7) is 7.38. The molecule has 0 saturated heterocycles. The van der Waals surface area contributed by atoms with E-state index in [4.69, 9.17) is 4.74 Å². The quantitative estimate of drug-likeness (QED) is 0.388. The van der Waals surface area contributed by atoms with Gasteiger partial charge >= 0.3 is 0 Å². The van der Waals surface area contributed by atoms with E-state index in [1.54, 1.807) is 42.5 Å². The number of anilines is 1. The second-order valence-corrected chi connectivity index (χ2v) is 8.48. The van der Waals surface area contributed by atoms with Gasteiger partial charge < -0.3 is 4.74 Å². The minimum absolute atomic E-state index is 0.368. The molecule has 0 aliphatic rings. The molecule has 0 aliphatic heterocycles. The van der Waals surface area contributed by atoms with E-state index in [9.17, 15) is 13.2 Å². The number of nitrogens with one attached hydrogen (secondary N) is 1. The number of hydrogen-bond donors (Lipinski definition) is 1. The van der Waals surface area contributed by atoms with Gasteiger partial charge in [-0.05, 0) is 66.9 Å². The molecule has 8 heteroatoms. The predicted molar refractivity (Wildman–Crippen MR) is 116 cm³/mol. The highest BCUT2D eigenvalue weighted by molar-refractivity contribution is 7.92. The lowest BCUT2D eigenvalue weighted by Gasteiger charge is -2.22. The lowest BCUT2D eigenvalue weighted by molar-refractivity contribution is -0.119. The molecule has 0 aromatic heterocycles. The molecule has 29 heavy (non-hydrogen) atoms. The van der Waals surface area contributed by atoms with Crippen LogP contribution in [0, 0.1) is 13.8 Å². The van der Waals surface area contributed by atoms with Crippen LogP contribution in [0.3, 0.4) is 0 Å². The molecule has 1 amide bonds. The highest BCUT2D eigenvalue weighted by Crippen LogP contribution is 2.21. The fourth-order valence-corrected chi connectivity index (χ4v) is 3.48. The molecule has 0 atom stereocenters. The van der Waals surface area contributed by atoms with E-state index in [1.165, 1.54) is 6.21 Å². The Morgan fingerprint density at radius 1 is 1.17 bits per heavy atom. The van der Waals surface area contributed by atoms with E-state index in [2.05, 4.69) is 17.1 Å². The van der Waals surface area contributed by atoms with E-state index in [0.717, 1.165) is 27.3 Å². The largest absolute Gasteiger partial charge is 0.490 e. The van der Waals surface area contributed by atoms with Crippen molar-refractivity contribution in [2.45, 2.75) is 13.8 Å². The monoisotopic (exact) mass is 415 g/mol. The number of carbonyl (C=O) groups is 1. The zero-order chi connectivity index (χ0) is 21.4. The zero-order valence-corrected chi connectivity index (χ0v) is 17.6. The number of hydrazone groups is 1. The normalized spacial score (nSPS) is 11.3. The third-order valence-corrected chi connectivity index (χ3v) is 4.97. The third kappa shape index (κ3) is 7.08. The van der Waals surface area contributed by atoms with E-state index < -0.39 is 15.9 Å². The summed E-state index contributed by atoms with van der Waals surface area (Å²) in [7, 11) is -3.64. The summed E-state index contributed by atoms with van der Waals surface area (Å²) < 4.78 is 30.8. The Morgan fingerprint density at radius 3 is 2.34 bits per heavy atom. The molecule has 0 heterocycles. The molecule has 1 N–H and O–H groups in total. The van der Waals surface area contributed by atoms with Gasteiger partial charge in [-0.3, -0.25) is 9.10 Å². The van der Waals surface area contributed by atoms with Gasteiger partial charge in [0.1, 0.15) is 18.9 Å². The van der Waals surface area contributed by atoms with Crippen LogP contribution in [0.15, 0.2) is 60.2 Å². The number of carbonyl (C=O) groups excluding carboxylic acids is 1. The van der Waals surface area contributed by atoms with E-state index >= 15 is 0 Å². The van der Waals surface area contributed by atoms with Crippen molar-refractivity contribution in [1.29, 1.82) is 0 Å². The maximum absolute atomic E-state index is 12.2. The molecule has 0 bridgehead atoms. The predicted octanol–water partition coefficient (Wildman–Crippen LogP) is 2.78. The van der Waals surface area contributed by atoms with Gasteiger partial charge in [-0.15, -0.1) is 0 Å². The van der Waals surface area contributed by atoms with Gasteiger partial charge in [0.25, 0.3) is 5.91 Å². The first-order valence-corrected chi connectivity index (χ1v) is 10.8. The summed E-state index contributed by atoms with van der Waals surface area (Å²) in [5, 5.41) is 3.89. The third-order valence-electron chi connectivity index (χ3n) is 3.83. The summed E-state index contributed by atoms with van der Waals surface area (Å²) in [5.41, 5.74) is 5.38. The first kappa shape index (κ1) is 22.2. The van der Waals surface area contributed by atoms with Crippen molar-refractivity contribution in [1.82, 2.24) is 5.43 Å². The minimum atomic E-state index is -3.64. The lowest BCUT2D eigenvalue weighted by atomic mass is 10.1. The van der Waals surface area contributed by atoms with Gasteiger partial charge in [0.2, 0.25) is 10.0 Å². The molecule has 0 aliphatic carbocycles. The topological polar surface area (TPSA) is 88.1 Å². The average molecular weight is 416 g/mol. The molecule has 7 nitrogen and oxygen atoms in total. The number of rotatable bonds is 9. The Kier molecular flexibility index (Phi) is 7.55. The maximum atomic E-state index is 12.2. The second-order valence-electron chi connectivity index (χ2n) is 6.58. The van der Waals surface area contributed by atoms with Crippen molar-refractivity contribution in [2.75, 3.05) is 23.7 Å². The number of benzene rings is 2. The van der Waals surface area contributed by atoms with Crippen LogP contribution in [-0.4, -0.2) is 39.9 Å². The summed E-state index contributed by atoms with van der Waals surface area (Å²) >= 11 is 0. The van der Waals surface area contributed by atoms with Crippen LogP contribution >= 0.6 is 0 Å². The molecule has 0 radical (unpaired) electrons. The van der Waals surface area contributed by atoms with Crippen LogP contribution in [0.4, 0.5) is 5.69 Å².